The molecule has 1 aliphatic carbocycles. The van der Waals surface area contributed by atoms with Gasteiger partial charge in [0, 0.05) is 7.05 Å². The van der Waals surface area contributed by atoms with Gasteiger partial charge in [-0.3, -0.25) is 14.5 Å². The lowest BCUT2D eigenvalue weighted by molar-refractivity contribution is -0.138. The monoisotopic (exact) mass is 471 g/mol. The van der Waals surface area contributed by atoms with Gasteiger partial charge in [-0.05, 0) is 66.8 Å². The molecule has 0 radical (unpaired) electrons. The average molecular weight is 471 g/mol. The number of fused-ring (bicyclic) bond motifs is 3. The zero-order valence-corrected chi connectivity index (χ0v) is 19.5. The molecule has 4 atom stereocenters. The first-order chi connectivity index (χ1) is 16.2. The highest BCUT2D eigenvalue weighted by Gasteiger charge is 2.56. The third kappa shape index (κ3) is 4.56. The molecule has 2 fully saturated rings. The number of hydrogen-bond acceptors (Lipinski definition) is 6. The van der Waals surface area contributed by atoms with Gasteiger partial charge in [0.1, 0.15) is 0 Å². The van der Waals surface area contributed by atoms with Gasteiger partial charge in [0.2, 0.25) is 11.8 Å². The zero-order chi connectivity index (χ0) is 24.6. The van der Waals surface area contributed by atoms with Gasteiger partial charge < -0.3 is 19.9 Å². The Kier molecular flexibility index (Phi) is 7.26. The third-order valence-corrected chi connectivity index (χ3v) is 7.36. The Balaban J connectivity index is 1.60. The number of aliphatic hydroxyl groups excluding tert-OH is 1. The van der Waals surface area contributed by atoms with Crippen LogP contribution in [0.2, 0.25) is 6.32 Å². The van der Waals surface area contributed by atoms with Gasteiger partial charge in [0.05, 0.1) is 24.5 Å². The molecule has 2 amide bonds. The SMILES string of the molecule is CCC/C(=C\c1ccc(O)c(F)c1)CC[C@H]1OB(O)C[C@H]2C1=C(CO)C[C@H]1C(=O)N(C)C(=O)[C@H]12. The number of carbonyl (C=O) groups excluding carboxylic acids is 2. The van der Waals surface area contributed by atoms with Crippen LogP contribution in [-0.2, 0) is 14.2 Å². The zero-order valence-electron chi connectivity index (χ0n) is 19.5. The summed E-state index contributed by atoms with van der Waals surface area (Å²) in [6.07, 6.45) is 4.77. The lowest BCUT2D eigenvalue weighted by Gasteiger charge is -2.43. The molecule has 0 aromatic heterocycles. The summed E-state index contributed by atoms with van der Waals surface area (Å²) >= 11 is 0. The van der Waals surface area contributed by atoms with Gasteiger partial charge in [-0.15, -0.1) is 0 Å². The maximum absolute atomic E-state index is 13.8. The number of allylic oxidation sites excluding steroid dienone is 1. The largest absolute Gasteiger partial charge is 0.505 e. The molecule has 0 spiro atoms. The van der Waals surface area contributed by atoms with Crippen LogP contribution in [-0.4, -0.2) is 58.8 Å². The summed E-state index contributed by atoms with van der Waals surface area (Å²) in [5.41, 5.74) is 3.29. The van der Waals surface area contributed by atoms with E-state index in [-0.39, 0.29) is 30.7 Å². The van der Waals surface area contributed by atoms with E-state index < -0.39 is 36.6 Å². The fourth-order valence-electron chi connectivity index (χ4n) is 5.82. The Labute approximate surface area is 199 Å². The minimum absolute atomic E-state index is 0.216. The van der Waals surface area contributed by atoms with Crippen LogP contribution in [0.25, 0.3) is 6.08 Å². The number of aromatic hydroxyl groups is 1. The van der Waals surface area contributed by atoms with Crippen LogP contribution in [0.3, 0.4) is 0 Å². The van der Waals surface area contributed by atoms with Crippen LogP contribution in [0.15, 0.2) is 34.9 Å². The van der Waals surface area contributed by atoms with Crippen molar-refractivity contribution in [3.8, 4) is 5.75 Å². The third-order valence-electron chi connectivity index (χ3n) is 7.36. The molecule has 3 N–H and O–H groups in total. The maximum Gasteiger partial charge on any atom is 0.455 e. The minimum atomic E-state index is -1.06. The quantitative estimate of drug-likeness (QED) is 0.321. The first kappa shape index (κ1) is 24.6. The van der Waals surface area contributed by atoms with Crippen molar-refractivity contribution in [3.05, 3.63) is 46.3 Å². The van der Waals surface area contributed by atoms with Crippen molar-refractivity contribution >= 4 is 25.0 Å². The van der Waals surface area contributed by atoms with Gasteiger partial charge in [-0.25, -0.2) is 4.39 Å². The second-order valence-electron chi connectivity index (χ2n) is 9.51. The number of amides is 2. The fourth-order valence-corrected chi connectivity index (χ4v) is 5.82. The number of carbonyl (C=O) groups is 2. The number of likely N-dealkylation sites (tertiary alicyclic amines) is 1. The normalized spacial score (nSPS) is 27.4. The Bertz CT molecular complexity index is 1040. The van der Waals surface area contributed by atoms with Crippen molar-refractivity contribution in [1.29, 1.82) is 0 Å². The first-order valence-electron chi connectivity index (χ1n) is 11.9. The second-order valence-corrected chi connectivity index (χ2v) is 9.51. The number of imide groups is 1. The average Bonchev–Trinajstić information content (AvgIpc) is 3.03. The molecular formula is C25H31BFNO6. The van der Waals surface area contributed by atoms with Crippen molar-refractivity contribution in [2.75, 3.05) is 13.7 Å². The number of aliphatic hydroxyl groups is 1. The number of hydrogen-bond donors (Lipinski definition) is 3. The molecule has 4 rings (SSSR count). The van der Waals surface area contributed by atoms with E-state index in [0.717, 1.165) is 29.6 Å². The Morgan fingerprint density at radius 2 is 2.03 bits per heavy atom. The summed E-state index contributed by atoms with van der Waals surface area (Å²) in [7, 11) is 0.429. The summed E-state index contributed by atoms with van der Waals surface area (Å²) < 4.78 is 19.7. The van der Waals surface area contributed by atoms with E-state index >= 15 is 0 Å². The molecule has 1 aromatic carbocycles. The Morgan fingerprint density at radius 3 is 2.71 bits per heavy atom. The molecule has 3 aliphatic rings. The molecule has 2 heterocycles. The van der Waals surface area contributed by atoms with Crippen molar-refractivity contribution in [2.45, 2.75) is 51.5 Å². The summed E-state index contributed by atoms with van der Waals surface area (Å²) in [6.45, 7) is 1.83. The number of phenolic OH excluding ortho intramolecular Hbond substituents is 1. The molecule has 2 aliphatic heterocycles. The van der Waals surface area contributed by atoms with Gasteiger partial charge in [-0.2, -0.15) is 0 Å². The minimum Gasteiger partial charge on any atom is -0.505 e. The molecule has 182 valence electrons. The summed E-state index contributed by atoms with van der Waals surface area (Å²) in [4.78, 5) is 26.6. The number of halogens is 1. The molecule has 34 heavy (non-hydrogen) atoms. The summed E-state index contributed by atoms with van der Waals surface area (Å²) in [5, 5.41) is 30.0. The van der Waals surface area contributed by atoms with Crippen LogP contribution in [0.5, 0.6) is 5.75 Å². The number of phenols is 1. The number of rotatable bonds is 7. The van der Waals surface area contributed by atoms with Crippen LogP contribution in [0.4, 0.5) is 4.39 Å². The van der Waals surface area contributed by atoms with E-state index in [0.29, 0.717) is 24.8 Å². The Morgan fingerprint density at radius 1 is 1.26 bits per heavy atom. The fraction of sp³-hybridized carbons (Fsp3) is 0.520. The highest BCUT2D eigenvalue weighted by Crippen LogP contribution is 2.50. The van der Waals surface area contributed by atoms with Crippen molar-refractivity contribution in [2.24, 2.45) is 17.8 Å². The van der Waals surface area contributed by atoms with E-state index in [1.807, 2.05) is 6.08 Å². The summed E-state index contributed by atoms with van der Waals surface area (Å²) in [5.74, 6) is -2.92. The molecule has 1 aromatic rings. The lowest BCUT2D eigenvalue weighted by atomic mass is 9.58. The second kappa shape index (κ2) is 10.0. The lowest BCUT2D eigenvalue weighted by Crippen LogP contribution is -2.46. The van der Waals surface area contributed by atoms with E-state index in [1.165, 1.54) is 24.1 Å². The smallest absolute Gasteiger partial charge is 0.455 e. The van der Waals surface area contributed by atoms with Crippen LogP contribution < -0.4 is 0 Å². The van der Waals surface area contributed by atoms with E-state index in [1.54, 1.807) is 6.07 Å². The molecule has 0 saturated carbocycles. The number of nitrogens with zero attached hydrogens (tertiary/aromatic N) is 1. The van der Waals surface area contributed by atoms with E-state index in [4.69, 9.17) is 4.65 Å². The molecule has 0 bridgehead atoms. The number of benzene rings is 1. The van der Waals surface area contributed by atoms with Crippen LogP contribution >= 0.6 is 0 Å². The predicted molar refractivity (Wildman–Crippen MR) is 125 cm³/mol. The van der Waals surface area contributed by atoms with Gasteiger partial charge in [0.15, 0.2) is 11.6 Å². The molecular weight excluding hydrogens is 440 g/mol. The predicted octanol–water partition coefficient (Wildman–Crippen LogP) is 2.91. The van der Waals surface area contributed by atoms with Crippen molar-refractivity contribution in [1.82, 2.24) is 4.90 Å². The topological polar surface area (TPSA) is 107 Å². The van der Waals surface area contributed by atoms with E-state index in [9.17, 15) is 29.2 Å². The van der Waals surface area contributed by atoms with Gasteiger partial charge >= 0.3 is 7.12 Å². The summed E-state index contributed by atoms with van der Waals surface area (Å²) in [6, 6.07) is 4.26. The van der Waals surface area contributed by atoms with Gasteiger partial charge in [0.25, 0.3) is 0 Å². The van der Waals surface area contributed by atoms with Crippen LogP contribution in [0, 0.1) is 23.6 Å². The Hall–Kier alpha value is -2.49. The van der Waals surface area contributed by atoms with E-state index in [2.05, 4.69) is 6.92 Å². The molecule has 7 nitrogen and oxygen atoms in total. The molecule has 0 unspecified atom stereocenters. The molecule has 9 heteroatoms. The standard InChI is InChI=1S/C25H31BFNO6/c1-3-4-14(9-15-5-7-20(30)19(27)10-15)6-8-21-22-16(13-29)11-17-23(18(22)12-26(33)34-21)25(32)28(2)24(17)31/h5,7,9-10,17-18,21,23,29-30,33H,3-4,6,8,11-13H2,1-2H3/b14-9+/t17-,18+,21-,23-/m1/s1. The van der Waals surface area contributed by atoms with Crippen molar-refractivity contribution in [3.63, 3.8) is 0 Å². The van der Waals surface area contributed by atoms with Gasteiger partial charge in [-0.1, -0.05) is 31.1 Å². The first-order valence-corrected chi connectivity index (χ1v) is 11.9. The highest BCUT2D eigenvalue weighted by molar-refractivity contribution is 6.43. The molecule has 2 saturated heterocycles. The van der Waals surface area contributed by atoms with Crippen LogP contribution in [0.1, 0.15) is 44.6 Å². The maximum atomic E-state index is 13.8. The highest BCUT2D eigenvalue weighted by atomic mass is 19.1. The van der Waals surface area contributed by atoms with Crippen molar-refractivity contribution < 1.29 is 33.9 Å².